The number of nitrogens with zero attached hydrogens (tertiary/aromatic N) is 1. The number of hydrogen-bond donors (Lipinski definition) is 1. The van der Waals surface area contributed by atoms with Crippen molar-refractivity contribution in [3.63, 3.8) is 0 Å². The topological polar surface area (TPSA) is 49.8 Å². The van der Waals surface area contributed by atoms with Crippen LogP contribution in [0.25, 0.3) is 10.8 Å². The molecular weight excluding hydrogens is 349 g/mol. The number of benzene rings is 3. The summed E-state index contributed by atoms with van der Waals surface area (Å²) in [5.74, 6) is -1.02. The molecule has 0 saturated carbocycles. The monoisotopic (exact) mass is 362 g/mol. The fraction of sp³-hybridized carbons (Fsp3) is 0.105. The molecule has 0 saturated heterocycles. The Morgan fingerprint density at radius 2 is 1.60 bits per heavy atom. The molecule has 0 heterocycles. The van der Waals surface area contributed by atoms with Crippen LogP contribution in [-0.4, -0.2) is 0 Å². The van der Waals surface area contributed by atoms with Gasteiger partial charge in [-0.15, -0.1) is 12.4 Å². The third-order valence-corrected chi connectivity index (χ3v) is 3.93. The first-order chi connectivity index (χ1) is 11.4. The quantitative estimate of drug-likeness (QED) is 0.610. The van der Waals surface area contributed by atoms with Crippen LogP contribution in [0.4, 0.5) is 18.9 Å². The summed E-state index contributed by atoms with van der Waals surface area (Å²) < 4.78 is 40.0. The summed E-state index contributed by atoms with van der Waals surface area (Å²) in [7, 11) is 0. The minimum Gasteiger partial charge on any atom is -0.399 e. The number of halogens is 4. The molecule has 3 aromatic carbocycles. The summed E-state index contributed by atoms with van der Waals surface area (Å²) >= 11 is 0. The maximum atomic E-state index is 13.3. The van der Waals surface area contributed by atoms with Gasteiger partial charge in [0.15, 0.2) is 0 Å². The molecule has 0 aliphatic rings. The number of nitrogen functional groups attached to an aromatic ring is 1. The molecule has 3 aromatic rings. The third kappa shape index (κ3) is 3.70. The van der Waals surface area contributed by atoms with Crippen LogP contribution in [0, 0.1) is 11.3 Å². The summed E-state index contributed by atoms with van der Waals surface area (Å²) in [5, 5.41) is 11.4. The molecule has 0 aliphatic heterocycles. The lowest BCUT2D eigenvalue weighted by molar-refractivity contribution is -0.138. The number of nitrogens with two attached hydrogens (primary N) is 1. The standard InChI is InChI=1S/C19H13F3N2.ClH/c20-19(21,22)18-10-15(24)7-8-16(18)17(11-23)14-6-5-12-3-1-2-4-13(12)9-14;/h1-10,17H,24H2;1H. The van der Waals surface area contributed by atoms with Crippen molar-refractivity contribution in [3.8, 4) is 6.07 Å². The maximum Gasteiger partial charge on any atom is 0.416 e. The molecule has 1 unspecified atom stereocenters. The average Bonchev–Trinajstić information content (AvgIpc) is 2.56. The zero-order valence-corrected chi connectivity index (χ0v) is 13.7. The summed E-state index contributed by atoms with van der Waals surface area (Å²) in [6, 6.07) is 18.3. The lowest BCUT2D eigenvalue weighted by atomic mass is 9.87. The van der Waals surface area contributed by atoms with E-state index in [1.165, 1.54) is 12.1 Å². The predicted octanol–water partition coefficient (Wildman–Crippen LogP) is 5.52. The first-order valence-corrected chi connectivity index (χ1v) is 7.25. The Hall–Kier alpha value is -2.71. The van der Waals surface area contributed by atoms with Gasteiger partial charge in [0, 0.05) is 5.69 Å². The number of alkyl halides is 3. The second kappa shape index (κ2) is 7.04. The molecule has 2 N–H and O–H groups in total. The SMILES string of the molecule is Cl.N#CC(c1ccc2ccccc2c1)c1ccc(N)cc1C(F)(F)F. The number of rotatable bonds is 2. The van der Waals surface area contributed by atoms with Crippen molar-refractivity contribution in [2.24, 2.45) is 0 Å². The van der Waals surface area contributed by atoms with E-state index in [0.29, 0.717) is 5.56 Å². The fourth-order valence-electron chi connectivity index (χ4n) is 2.78. The molecule has 0 aliphatic carbocycles. The third-order valence-electron chi connectivity index (χ3n) is 3.93. The second-order valence-corrected chi connectivity index (χ2v) is 5.51. The molecule has 0 spiro atoms. The number of nitriles is 1. The Morgan fingerprint density at radius 1 is 0.920 bits per heavy atom. The maximum absolute atomic E-state index is 13.3. The van der Waals surface area contributed by atoms with Crippen molar-refractivity contribution in [2.75, 3.05) is 5.73 Å². The Bertz CT molecular complexity index is 945. The average molecular weight is 363 g/mol. The van der Waals surface area contributed by atoms with Gasteiger partial charge in [-0.25, -0.2) is 0 Å². The highest BCUT2D eigenvalue weighted by atomic mass is 35.5. The Balaban J connectivity index is 0.00000225. The van der Waals surface area contributed by atoms with Gasteiger partial charge in [0.2, 0.25) is 0 Å². The highest BCUT2D eigenvalue weighted by molar-refractivity contribution is 5.85. The number of anilines is 1. The van der Waals surface area contributed by atoms with Crippen molar-refractivity contribution >= 4 is 28.9 Å². The van der Waals surface area contributed by atoms with Gasteiger partial charge in [0.25, 0.3) is 0 Å². The normalized spacial score (nSPS) is 12.2. The summed E-state index contributed by atoms with van der Waals surface area (Å²) in [6.07, 6.45) is -4.57. The van der Waals surface area contributed by atoms with E-state index in [-0.39, 0.29) is 23.7 Å². The van der Waals surface area contributed by atoms with Crippen LogP contribution in [0.1, 0.15) is 22.6 Å². The van der Waals surface area contributed by atoms with Gasteiger partial charge in [0.1, 0.15) is 0 Å². The van der Waals surface area contributed by atoms with Crippen molar-refractivity contribution in [3.05, 3.63) is 77.4 Å². The first-order valence-electron chi connectivity index (χ1n) is 7.25. The molecule has 6 heteroatoms. The summed E-state index contributed by atoms with van der Waals surface area (Å²) in [5.41, 5.74) is 5.07. The highest BCUT2D eigenvalue weighted by Crippen LogP contribution is 2.38. The zero-order chi connectivity index (χ0) is 17.3. The molecule has 0 amide bonds. The molecule has 25 heavy (non-hydrogen) atoms. The minimum absolute atomic E-state index is 0. The Morgan fingerprint density at radius 3 is 2.24 bits per heavy atom. The van der Waals surface area contributed by atoms with Crippen LogP contribution in [0.3, 0.4) is 0 Å². The van der Waals surface area contributed by atoms with E-state index in [2.05, 4.69) is 0 Å². The Labute approximate surface area is 149 Å². The zero-order valence-electron chi connectivity index (χ0n) is 12.9. The van der Waals surface area contributed by atoms with E-state index in [0.717, 1.165) is 16.8 Å². The van der Waals surface area contributed by atoms with E-state index < -0.39 is 17.7 Å². The molecule has 128 valence electrons. The van der Waals surface area contributed by atoms with Gasteiger partial charge >= 0.3 is 6.18 Å². The molecule has 0 fully saturated rings. The largest absolute Gasteiger partial charge is 0.416 e. The molecular formula is C19H14ClF3N2. The van der Waals surface area contributed by atoms with Gasteiger partial charge in [-0.1, -0.05) is 42.5 Å². The molecule has 2 nitrogen and oxygen atoms in total. The summed E-state index contributed by atoms with van der Waals surface area (Å²) in [4.78, 5) is 0. The summed E-state index contributed by atoms with van der Waals surface area (Å²) in [6.45, 7) is 0. The van der Waals surface area contributed by atoms with Crippen LogP contribution < -0.4 is 5.73 Å². The van der Waals surface area contributed by atoms with E-state index >= 15 is 0 Å². The first kappa shape index (κ1) is 18.6. The van der Waals surface area contributed by atoms with Crippen molar-refractivity contribution in [1.82, 2.24) is 0 Å². The van der Waals surface area contributed by atoms with E-state index in [4.69, 9.17) is 5.73 Å². The molecule has 3 rings (SSSR count). The molecule has 0 aromatic heterocycles. The van der Waals surface area contributed by atoms with Crippen LogP contribution in [-0.2, 0) is 6.18 Å². The van der Waals surface area contributed by atoms with Gasteiger partial charge in [-0.2, -0.15) is 18.4 Å². The van der Waals surface area contributed by atoms with Gasteiger partial charge in [-0.3, -0.25) is 0 Å². The van der Waals surface area contributed by atoms with Gasteiger partial charge in [0.05, 0.1) is 17.6 Å². The smallest absolute Gasteiger partial charge is 0.399 e. The highest BCUT2D eigenvalue weighted by Gasteiger charge is 2.36. The van der Waals surface area contributed by atoms with Crippen molar-refractivity contribution in [2.45, 2.75) is 12.1 Å². The van der Waals surface area contributed by atoms with Crippen LogP contribution in [0.2, 0.25) is 0 Å². The van der Waals surface area contributed by atoms with Gasteiger partial charge in [-0.05, 0) is 40.1 Å². The van der Waals surface area contributed by atoms with E-state index in [9.17, 15) is 18.4 Å². The second-order valence-electron chi connectivity index (χ2n) is 5.51. The lowest BCUT2D eigenvalue weighted by Gasteiger charge is -2.18. The minimum atomic E-state index is -4.57. The number of hydrogen-bond acceptors (Lipinski definition) is 2. The number of fused-ring (bicyclic) bond motifs is 1. The molecule has 0 bridgehead atoms. The molecule has 1 atom stereocenters. The van der Waals surface area contributed by atoms with Crippen LogP contribution >= 0.6 is 12.4 Å². The van der Waals surface area contributed by atoms with Gasteiger partial charge < -0.3 is 5.73 Å². The van der Waals surface area contributed by atoms with Crippen LogP contribution in [0.15, 0.2) is 60.7 Å². The lowest BCUT2D eigenvalue weighted by Crippen LogP contribution is -2.13. The van der Waals surface area contributed by atoms with E-state index in [1.807, 2.05) is 30.3 Å². The Kier molecular flexibility index (Phi) is 5.24. The van der Waals surface area contributed by atoms with Crippen LogP contribution in [0.5, 0.6) is 0 Å². The van der Waals surface area contributed by atoms with Crippen molar-refractivity contribution < 1.29 is 13.2 Å². The molecule has 0 radical (unpaired) electrons. The fourth-order valence-corrected chi connectivity index (χ4v) is 2.78. The van der Waals surface area contributed by atoms with Crippen molar-refractivity contribution in [1.29, 1.82) is 5.26 Å². The predicted molar refractivity (Wildman–Crippen MR) is 94.5 cm³/mol. The van der Waals surface area contributed by atoms with E-state index in [1.54, 1.807) is 18.2 Å².